The van der Waals surface area contributed by atoms with Crippen LogP contribution in [0.1, 0.15) is 45.8 Å². The molecule has 0 aliphatic carbocycles. The number of hydrogen-bond acceptors (Lipinski definition) is 3. The summed E-state index contributed by atoms with van der Waals surface area (Å²) in [5.74, 6) is -0.0164. The van der Waals surface area contributed by atoms with Gasteiger partial charge in [0.15, 0.2) is 5.69 Å². The molecule has 2 N–H and O–H groups in total. The molecule has 1 aromatic rings. The quantitative estimate of drug-likeness (QED) is 0.815. The van der Waals surface area contributed by atoms with Crippen LogP contribution in [0.2, 0.25) is 0 Å². The maximum absolute atomic E-state index is 11.2. The molecule has 0 spiro atoms. The summed E-state index contributed by atoms with van der Waals surface area (Å²) in [6.07, 6.45) is 0.786. The maximum Gasteiger partial charge on any atom is 0.216 e. The van der Waals surface area contributed by atoms with Crippen LogP contribution in [-0.4, -0.2) is 25.1 Å². The average molecular weight is 315 g/mol. The predicted octanol–water partition coefficient (Wildman–Crippen LogP) is 3.66. The zero-order chi connectivity index (χ0) is 17.0. The molecule has 1 aliphatic rings. The summed E-state index contributed by atoms with van der Waals surface area (Å²) in [5, 5.41) is 6.48. The summed E-state index contributed by atoms with van der Waals surface area (Å²) >= 11 is 0. The summed E-state index contributed by atoms with van der Waals surface area (Å²) in [6.45, 7) is 16.2. The highest BCUT2D eigenvalue weighted by Gasteiger charge is 2.36. The molecule has 0 fully saturated rings. The Balaban J connectivity index is 2.26. The molecule has 124 valence electrons. The number of anilines is 1. The number of carbonyl (C=O) groups excluding carboxylic acids is 1. The van der Waals surface area contributed by atoms with Crippen LogP contribution in [0.15, 0.2) is 18.2 Å². The van der Waals surface area contributed by atoms with Gasteiger partial charge >= 0.3 is 0 Å². The second kappa shape index (κ2) is 7.01. The Bertz CT molecular complexity index is 619. The lowest BCUT2D eigenvalue weighted by Crippen LogP contribution is -2.47. The van der Waals surface area contributed by atoms with E-state index in [-0.39, 0.29) is 23.5 Å². The van der Waals surface area contributed by atoms with Gasteiger partial charge in [-0.2, -0.15) is 0 Å². The average Bonchev–Trinajstić information content (AvgIpc) is 2.52. The first-order valence-electron chi connectivity index (χ1n) is 8.01. The third-order valence-corrected chi connectivity index (χ3v) is 4.39. The van der Waals surface area contributed by atoms with Crippen molar-refractivity contribution in [3.63, 3.8) is 0 Å². The highest BCUT2D eigenvalue weighted by Crippen LogP contribution is 2.41. The van der Waals surface area contributed by atoms with Crippen LogP contribution in [0.5, 0.6) is 0 Å². The first-order chi connectivity index (χ1) is 10.9. The number of hydrogen-bond donors (Lipinski definition) is 2. The molecule has 5 heteroatoms. The summed E-state index contributed by atoms with van der Waals surface area (Å²) in [5.41, 5.74) is 2.58. The lowest BCUT2D eigenvalue weighted by molar-refractivity contribution is -0.119. The number of ether oxygens (including phenoxy) is 1. The van der Waals surface area contributed by atoms with Gasteiger partial charge in [0.25, 0.3) is 0 Å². The fourth-order valence-electron chi connectivity index (χ4n) is 2.95. The first-order valence-corrected chi connectivity index (χ1v) is 8.01. The Morgan fingerprint density at radius 1 is 1.52 bits per heavy atom. The van der Waals surface area contributed by atoms with Gasteiger partial charge in [-0.1, -0.05) is 19.9 Å². The van der Waals surface area contributed by atoms with Crippen LogP contribution in [-0.2, 0) is 9.53 Å². The topological polar surface area (TPSA) is 54.7 Å². The van der Waals surface area contributed by atoms with Gasteiger partial charge in [-0.05, 0) is 31.0 Å². The minimum Gasteiger partial charge on any atom is -0.381 e. The van der Waals surface area contributed by atoms with Crippen LogP contribution in [0.25, 0.3) is 4.85 Å². The monoisotopic (exact) mass is 315 g/mol. The molecule has 23 heavy (non-hydrogen) atoms. The van der Waals surface area contributed by atoms with Crippen molar-refractivity contribution in [2.45, 2.75) is 46.3 Å². The summed E-state index contributed by atoms with van der Waals surface area (Å²) < 4.78 is 5.93. The smallest absolute Gasteiger partial charge is 0.216 e. The minimum absolute atomic E-state index is 0.0164. The highest BCUT2D eigenvalue weighted by molar-refractivity contribution is 5.72. The fraction of sp³-hybridized carbons (Fsp3) is 0.556. The van der Waals surface area contributed by atoms with Crippen molar-refractivity contribution >= 4 is 17.3 Å². The lowest BCUT2D eigenvalue weighted by Gasteiger charge is -2.42. The molecule has 0 aromatic heterocycles. The van der Waals surface area contributed by atoms with Gasteiger partial charge in [-0.15, -0.1) is 0 Å². The highest BCUT2D eigenvalue weighted by atomic mass is 16.5. The Morgan fingerprint density at radius 3 is 2.87 bits per heavy atom. The van der Waals surface area contributed by atoms with Gasteiger partial charge in [-0.3, -0.25) is 4.79 Å². The third-order valence-electron chi connectivity index (χ3n) is 4.39. The molecule has 1 aromatic carbocycles. The lowest BCUT2D eigenvalue weighted by atomic mass is 9.78. The molecule has 1 heterocycles. The van der Waals surface area contributed by atoms with Gasteiger partial charge in [0.1, 0.15) is 0 Å². The number of rotatable bonds is 5. The van der Waals surface area contributed by atoms with E-state index in [2.05, 4.69) is 29.3 Å². The van der Waals surface area contributed by atoms with Gasteiger partial charge in [0, 0.05) is 37.2 Å². The molecule has 0 saturated heterocycles. The number of amides is 1. The number of nitrogens with zero attached hydrogens (tertiary/aromatic N) is 1. The van der Waals surface area contributed by atoms with Crippen molar-refractivity contribution in [1.29, 1.82) is 0 Å². The number of benzene rings is 1. The SMILES string of the molecule is [C-]#[N+]c1ccc2c(c1)C(OCC)CC(C(C)(C)CNC(C)=O)N2. The molecule has 1 amide bonds. The van der Waals surface area contributed by atoms with Gasteiger partial charge in [-0.25, -0.2) is 4.85 Å². The predicted molar refractivity (Wildman–Crippen MR) is 91.6 cm³/mol. The van der Waals surface area contributed by atoms with E-state index >= 15 is 0 Å². The van der Waals surface area contributed by atoms with E-state index in [1.807, 2.05) is 25.1 Å². The van der Waals surface area contributed by atoms with E-state index in [0.717, 1.165) is 17.7 Å². The second-order valence-corrected chi connectivity index (χ2v) is 6.66. The summed E-state index contributed by atoms with van der Waals surface area (Å²) in [4.78, 5) is 14.7. The zero-order valence-electron chi connectivity index (χ0n) is 14.3. The number of carbonyl (C=O) groups is 1. The molecule has 2 unspecified atom stereocenters. The summed E-state index contributed by atoms with van der Waals surface area (Å²) in [6, 6.07) is 5.87. The molecule has 2 rings (SSSR count). The Morgan fingerprint density at radius 2 is 2.26 bits per heavy atom. The van der Waals surface area contributed by atoms with Crippen molar-refractivity contribution in [3.05, 3.63) is 35.2 Å². The Kier molecular flexibility index (Phi) is 5.27. The van der Waals surface area contributed by atoms with Crippen molar-refractivity contribution in [2.75, 3.05) is 18.5 Å². The van der Waals surface area contributed by atoms with E-state index in [4.69, 9.17) is 11.3 Å². The molecular weight excluding hydrogens is 290 g/mol. The van der Waals surface area contributed by atoms with E-state index in [9.17, 15) is 4.79 Å². The standard InChI is InChI=1S/C18H25N3O2/c1-6-23-16-10-17(18(3,4)11-20-12(2)22)21-15-8-7-13(19-5)9-14(15)16/h7-9,16-17,21H,6,10-11H2,1-4H3,(H,20,22). The Labute approximate surface area is 138 Å². The molecule has 1 aliphatic heterocycles. The second-order valence-electron chi connectivity index (χ2n) is 6.66. The van der Waals surface area contributed by atoms with E-state index in [1.54, 1.807) is 0 Å². The Hall–Kier alpha value is -2.06. The summed E-state index contributed by atoms with van der Waals surface area (Å²) in [7, 11) is 0. The van der Waals surface area contributed by atoms with Gasteiger partial charge in [0.2, 0.25) is 5.91 Å². The van der Waals surface area contributed by atoms with Crippen LogP contribution < -0.4 is 10.6 Å². The molecule has 5 nitrogen and oxygen atoms in total. The van der Waals surface area contributed by atoms with Gasteiger partial charge < -0.3 is 15.4 Å². The molecular formula is C18H25N3O2. The maximum atomic E-state index is 11.2. The van der Waals surface area contributed by atoms with Crippen molar-refractivity contribution in [3.8, 4) is 0 Å². The van der Waals surface area contributed by atoms with E-state index in [0.29, 0.717) is 18.8 Å². The van der Waals surface area contributed by atoms with Crippen molar-refractivity contribution < 1.29 is 9.53 Å². The third kappa shape index (κ3) is 4.02. The first kappa shape index (κ1) is 17.3. The van der Waals surface area contributed by atoms with Crippen LogP contribution >= 0.6 is 0 Å². The minimum atomic E-state index is -0.114. The largest absolute Gasteiger partial charge is 0.381 e. The van der Waals surface area contributed by atoms with E-state index in [1.165, 1.54) is 6.92 Å². The van der Waals surface area contributed by atoms with Crippen LogP contribution in [0.3, 0.4) is 0 Å². The molecule has 2 atom stereocenters. The van der Waals surface area contributed by atoms with Crippen molar-refractivity contribution in [1.82, 2.24) is 5.32 Å². The molecule has 0 bridgehead atoms. The van der Waals surface area contributed by atoms with Gasteiger partial charge in [0.05, 0.1) is 12.7 Å². The van der Waals surface area contributed by atoms with Crippen molar-refractivity contribution in [2.24, 2.45) is 5.41 Å². The molecule has 0 radical (unpaired) electrons. The number of nitrogens with one attached hydrogen (secondary N) is 2. The van der Waals surface area contributed by atoms with Crippen LogP contribution in [0, 0.1) is 12.0 Å². The number of fused-ring (bicyclic) bond motifs is 1. The van der Waals surface area contributed by atoms with Crippen LogP contribution in [0.4, 0.5) is 11.4 Å². The normalized spacial score (nSPS) is 20.1. The fourth-order valence-corrected chi connectivity index (χ4v) is 2.95. The van der Waals surface area contributed by atoms with E-state index < -0.39 is 0 Å². The zero-order valence-corrected chi connectivity index (χ0v) is 14.3. The molecule has 0 saturated carbocycles.